The van der Waals surface area contributed by atoms with Crippen LogP contribution in [0.15, 0.2) is 30.3 Å². The van der Waals surface area contributed by atoms with Crippen LogP contribution in [-0.2, 0) is 0 Å². The summed E-state index contributed by atoms with van der Waals surface area (Å²) in [5, 5.41) is 2.80. The van der Waals surface area contributed by atoms with E-state index in [1.807, 2.05) is 18.2 Å². The Bertz CT molecular complexity index is 439. The highest BCUT2D eigenvalue weighted by molar-refractivity contribution is 5.52. The largest absolute Gasteiger partial charge is 0.368 e. The second kappa shape index (κ2) is 3.87. The first-order valence-corrected chi connectivity index (χ1v) is 4.23. The first kappa shape index (κ1) is 9.32. The van der Waals surface area contributed by atoms with Gasteiger partial charge in [-0.05, 0) is 12.1 Å². The fraction of sp³-hybridized carbons (Fsp3) is 0. The van der Waals surface area contributed by atoms with E-state index in [1.165, 1.54) is 0 Å². The zero-order valence-electron chi connectivity index (χ0n) is 7.68. The number of benzene rings is 1. The third-order valence-corrected chi connectivity index (χ3v) is 1.66. The van der Waals surface area contributed by atoms with Crippen LogP contribution in [0.4, 0.5) is 22.0 Å². The maximum absolute atomic E-state index is 12.7. The molecule has 0 amide bonds. The normalized spacial score (nSPS) is 9.93. The molecule has 5 nitrogen and oxygen atoms in total. The van der Waals surface area contributed by atoms with Crippen molar-refractivity contribution in [3.05, 3.63) is 36.4 Å². The van der Waals surface area contributed by atoms with Crippen molar-refractivity contribution in [2.45, 2.75) is 0 Å². The molecular formula is C9H8FN5. The van der Waals surface area contributed by atoms with Crippen molar-refractivity contribution in [2.75, 3.05) is 11.1 Å². The van der Waals surface area contributed by atoms with Gasteiger partial charge in [-0.3, -0.25) is 0 Å². The molecule has 2 rings (SSSR count). The molecule has 0 unspecified atom stereocenters. The van der Waals surface area contributed by atoms with Crippen molar-refractivity contribution in [1.82, 2.24) is 15.0 Å². The lowest BCUT2D eigenvalue weighted by atomic mass is 10.3. The van der Waals surface area contributed by atoms with E-state index in [9.17, 15) is 4.39 Å². The molecule has 0 radical (unpaired) electrons. The second-order valence-corrected chi connectivity index (χ2v) is 2.78. The van der Waals surface area contributed by atoms with Gasteiger partial charge in [-0.1, -0.05) is 18.2 Å². The molecule has 1 aromatic carbocycles. The van der Waals surface area contributed by atoms with Crippen LogP contribution in [-0.4, -0.2) is 15.0 Å². The van der Waals surface area contributed by atoms with Crippen LogP contribution in [0.2, 0.25) is 0 Å². The number of hydrogen-bond donors (Lipinski definition) is 2. The minimum absolute atomic E-state index is 0.0891. The molecule has 76 valence electrons. The maximum Gasteiger partial charge on any atom is 0.315 e. The van der Waals surface area contributed by atoms with E-state index in [4.69, 9.17) is 5.73 Å². The molecule has 0 spiro atoms. The van der Waals surface area contributed by atoms with Crippen molar-refractivity contribution >= 4 is 17.6 Å². The predicted octanol–water partition coefficient (Wildman–Crippen LogP) is 1.34. The predicted molar refractivity (Wildman–Crippen MR) is 53.9 cm³/mol. The van der Waals surface area contributed by atoms with E-state index in [0.29, 0.717) is 0 Å². The topological polar surface area (TPSA) is 76.7 Å². The van der Waals surface area contributed by atoms with Gasteiger partial charge in [0.15, 0.2) is 0 Å². The lowest BCUT2D eigenvalue weighted by molar-refractivity contribution is 0.537. The fourth-order valence-electron chi connectivity index (χ4n) is 1.07. The molecule has 3 N–H and O–H groups in total. The highest BCUT2D eigenvalue weighted by atomic mass is 19.1. The number of aromatic nitrogens is 3. The van der Waals surface area contributed by atoms with Gasteiger partial charge in [0.2, 0.25) is 11.9 Å². The standard InChI is InChI=1S/C9H8FN5/c10-7-13-8(11)15-9(14-7)12-6-4-2-1-3-5-6/h1-5H,(H3,11,12,13,14,15). The molecule has 2 aromatic rings. The van der Waals surface area contributed by atoms with Crippen LogP contribution in [0.25, 0.3) is 0 Å². The van der Waals surface area contributed by atoms with Gasteiger partial charge in [-0.2, -0.15) is 19.3 Å². The molecule has 0 saturated heterocycles. The van der Waals surface area contributed by atoms with Gasteiger partial charge >= 0.3 is 6.08 Å². The van der Waals surface area contributed by atoms with E-state index >= 15 is 0 Å². The third-order valence-electron chi connectivity index (χ3n) is 1.66. The Balaban J connectivity index is 2.25. The van der Waals surface area contributed by atoms with Crippen molar-refractivity contribution in [1.29, 1.82) is 0 Å². The molecule has 0 atom stereocenters. The summed E-state index contributed by atoms with van der Waals surface area (Å²) in [6.45, 7) is 0. The first-order chi connectivity index (χ1) is 7.24. The summed E-state index contributed by atoms with van der Waals surface area (Å²) in [7, 11) is 0. The molecule has 1 heterocycles. The SMILES string of the molecule is Nc1nc(F)nc(Nc2ccccc2)n1. The van der Waals surface area contributed by atoms with E-state index in [0.717, 1.165) is 5.69 Å². The number of halogens is 1. The monoisotopic (exact) mass is 205 g/mol. The smallest absolute Gasteiger partial charge is 0.315 e. The number of nitrogens with zero attached hydrogens (tertiary/aromatic N) is 3. The summed E-state index contributed by atoms with van der Waals surface area (Å²) in [5.41, 5.74) is 6.02. The summed E-state index contributed by atoms with van der Waals surface area (Å²) >= 11 is 0. The van der Waals surface area contributed by atoms with Gasteiger partial charge in [0.25, 0.3) is 0 Å². The Morgan fingerprint density at radius 1 is 1.07 bits per heavy atom. The molecule has 15 heavy (non-hydrogen) atoms. The van der Waals surface area contributed by atoms with Crippen molar-refractivity contribution in [3.63, 3.8) is 0 Å². The summed E-state index contributed by atoms with van der Waals surface area (Å²) in [5.74, 6) is -0.0628. The third kappa shape index (κ3) is 2.37. The number of nitrogens with one attached hydrogen (secondary N) is 1. The summed E-state index contributed by atoms with van der Waals surface area (Å²) in [6.07, 6.45) is -0.902. The molecule has 0 fully saturated rings. The van der Waals surface area contributed by atoms with Gasteiger partial charge in [-0.15, -0.1) is 0 Å². The molecule has 1 aromatic heterocycles. The molecular weight excluding hydrogens is 197 g/mol. The Morgan fingerprint density at radius 3 is 2.47 bits per heavy atom. The number of hydrogen-bond acceptors (Lipinski definition) is 5. The Labute approximate surface area is 85.2 Å². The lowest BCUT2D eigenvalue weighted by Crippen LogP contribution is -2.05. The van der Waals surface area contributed by atoms with E-state index in [1.54, 1.807) is 12.1 Å². The van der Waals surface area contributed by atoms with Gasteiger partial charge in [0.1, 0.15) is 0 Å². The quantitative estimate of drug-likeness (QED) is 0.773. The number of anilines is 3. The lowest BCUT2D eigenvalue weighted by Gasteiger charge is -2.03. The molecule has 0 aliphatic heterocycles. The number of nitrogen functional groups attached to an aromatic ring is 1. The molecule has 0 saturated carbocycles. The Morgan fingerprint density at radius 2 is 1.80 bits per heavy atom. The van der Waals surface area contributed by atoms with Crippen LogP contribution >= 0.6 is 0 Å². The van der Waals surface area contributed by atoms with Gasteiger partial charge in [-0.25, -0.2) is 0 Å². The number of nitrogens with two attached hydrogens (primary N) is 1. The molecule has 0 aliphatic rings. The van der Waals surface area contributed by atoms with Crippen LogP contribution < -0.4 is 11.1 Å². The maximum atomic E-state index is 12.7. The molecule has 0 bridgehead atoms. The highest BCUT2D eigenvalue weighted by Crippen LogP contribution is 2.11. The zero-order chi connectivity index (χ0) is 10.7. The first-order valence-electron chi connectivity index (χ1n) is 4.23. The van der Waals surface area contributed by atoms with Gasteiger partial charge < -0.3 is 11.1 Å². The summed E-state index contributed by atoms with van der Waals surface area (Å²) in [4.78, 5) is 10.4. The van der Waals surface area contributed by atoms with Crippen molar-refractivity contribution < 1.29 is 4.39 Å². The number of para-hydroxylation sites is 1. The van der Waals surface area contributed by atoms with Crippen molar-refractivity contribution in [2.24, 2.45) is 0 Å². The zero-order valence-corrected chi connectivity index (χ0v) is 7.68. The molecule has 0 aliphatic carbocycles. The average Bonchev–Trinajstić information content (AvgIpc) is 2.17. The number of rotatable bonds is 2. The van der Waals surface area contributed by atoms with Crippen LogP contribution in [0.3, 0.4) is 0 Å². The average molecular weight is 205 g/mol. The minimum atomic E-state index is -0.902. The van der Waals surface area contributed by atoms with E-state index in [-0.39, 0.29) is 11.9 Å². The van der Waals surface area contributed by atoms with Gasteiger partial charge in [0.05, 0.1) is 0 Å². The highest BCUT2D eigenvalue weighted by Gasteiger charge is 2.02. The van der Waals surface area contributed by atoms with Crippen molar-refractivity contribution in [3.8, 4) is 0 Å². The second-order valence-electron chi connectivity index (χ2n) is 2.78. The fourth-order valence-corrected chi connectivity index (χ4v) is 1.07. The van der Waals surface area contributed by atoms with Crippen LogP contribution in [0.5, 0.6) is 0 Å². The van der Waals surface area contributed by atoms with Gasteiger partial charge in [0, 0.05) is 5.69 Å². The summed E-state index contributed by atoms with van der Waals surface area (Å²) in [6, 6.07) is 9.15. The van der Waals surface area contributed by atoms with Crippen LogP contribution in [0, 0.1) is 6.08 Å². The molecule has 6 heteroatoms. The minimum Gasteiger partial charge on any atom is -0.368 e. The summed E-state index contributed by atoms with van der Waals surface area (Å²) < 4.78 is 12.7. The van der Waals surface area contributed by atoms with Crippen LogP contribution in [0.1, 0.15) is 0 Å². The van der Waals surface area contributed by atoms with E-state index < -0.39 is 6.08 Å². The Hall–Kier alpha value is -2.24. The van der Waals surface area contributed by atoms with E-state index in [2.05, 4.69) is 20.3 Å². The Kier molecular flexibility index (Phi) is 2.40.